The quantitative estimate of drug-likeness (QED) is 0.874. The second kappa shape index (κ2) is 6.96. The minimum Gasteiger partial charge on any atom is -0.496 e. The van der Waals surface area contributed by atoms with Gasteiger partial charge in [-0.15, -0.1) is 0 Å². The summed E-state index contributed by atoms with van der Waals surface area (Å²) in [6.45, 7) is 4.06. The van der Waals surface area contributed by atoms with Crippen LogP contribution in [0.5, 0.6) is 17.2 Å². The second-order valence-corrected chi connectivity index (χ2v) is 7.33. The van der Waals surface area contributed by atoms with E-state index in [1.54, 1.807) is 7.11 Å². The number of rotatable bonds is 4. The van der Waals surface area contributed by atoms with Crippen LogP contribution in [0.3, 0.4) is 0 Å². The maximum absolute atomic E-state index is 11.9. The fraction of sp³-hybridized carbons (Fsp3) is 0.632. The summed E-state index contributed by atoms with van der Waals surface area (Å²) in [4.78, 5) is 14.1. The van der Waals surface area contributed by atoms with Gasteiger partial charge in [-0.2, -0.15) is 0 Å². The summed E-state index contributed by atoms with van der Waals surface area (Å²) >= 11 is 0. The zero-order valence-corrected chi connectivity index (χ0v) is 15.0. The van der Waals surface area contributed by atoms with Gasteiger partial charge < -0.3 is 24.1 Å². The maximum atomic E-state index is 11.9. The number of fused-ring (bicyclic) bond motifs is 2. The number of hydrogen-bond acceptors (Lipinski definition) is 6. The molecule has 1 N–H and O–H groups in total. The molecule has 0 unspecified atom stereocenters. The van der Waals surface area contributed by atoms with Gasteiger partial charge in [0.1, 0.15) is 11.2 Å². The van der Waals surface area contributed by atoms with Gasteiger partial charge in [0.05, 0.1) is 26.9 Å². The highest BCUT2D eigenvalue weighted by Crippen LogP contribution is 2.43. The molecule has 2 fully saturated rings. The van der Waals surface area contributed by atoms with Crippen molar-refractivity contribution < 1.29 is 28.8 Å². The molecule has 0 bridgehead atoms. The minimum absolute atomic E-state index is 0.125. The van der Waals surface area contributed by atoms with Crippen molar-refractivity contribution >= 4 is 5.97 Å². The molecule has 1 aromatic rings. The molecule has 3 heterocycles. The van der Waals surface area contributed by atoms with Gasteiger partial charge in [-0.05, 0) is 18.4 Å². The Kier molecular flexibility index (Phi) is 4.67. The number of aliphatic carboxylic acids is 1. The molecule has 7 heteroatoms. The Hall–Kier alpha value is -1.99. The van der Waals surface area contributed by atoms with Gasteiger partial charge in [-0.3, -0.25) is 9.69 Å². The summed E-state index contributed by atoms with van der Waals surface area (Å²) < 4.78 is 22.6. The Morgan fingerprint density at radius 2 is 2.08 bits per heavy atom. The molecular formula is C19H25NO6. The molecule has 2 saturated heterocycles. The van der Waals surface area contributed by atoms with E-state index in [1.807, 2.05) is 12.1 Å². The lowest BCUT2D eigenvalue weighted by Gasteiger charge is -2.34. The summed E-state index contributed by atoms with van der Waals surface area (Å²) in [5.41, 5.74) is 0.188. The van der Waals surface area contributed by atoms with Gasteiger partial charge >= 0.3 is 5.97 Å². The predicted octanol–water partition coefficient (Wildman–Crippen LogP) is 1.78. The lowest BCUT2D eigenvalue weighted by atomic mass is 9.76. The number of ether oxygens (including phenoxy) is 4. The molecule has 0 aromatic heterocycles. The Labute approximate surface area is 152 Å². The van der Waals surface area contributed by atoms with E-state index in [0.717, 1.165) is 36.4 Å². The summed E-state index contributed by atoms with van der Waals surface area (Å²) in [5.74, 6) is 1.54. The third-order valence-electron chi connectivity index (χ3n) is 5.71. The van der Waals surface area contributed by atoms with Gasteiger partial charge in [0.2, 0.25) is 0 Å². The number of carbonyl (C=O) groups is 1. The van der Waals surface area contributed by atoms with Crippen LogP contribution >= 0.6 is 0 Å². The van der Waals surface area contributed by atoms with Crippen LogP contribution in [-0.2, 0) is 16.1 Å². The first-order valence-corrected chi connectivity index (χ1v) is 9.12. The van der Waals surface area contributed by atoms with E-state index in [9.17, 15) is 9.90 Å². The highest BCUT2D eigenvalue weighted by molar-refractivity contribution is 5.76. The van der Waals surface area contributed by atoms with Crippen molar-refractivity contribution in [2.45, 2.75) is 19.4 Å². The molecule has 4 rings (SSSR count). The number of hydrogen-bond donors (Lipinski definition) is 1. The van der Waals surface area contributed by atoms with Crippen LogP contribution in [-0.4, -0.2) is 62.6 Å². The molecule has 0 aliphatic carbocycles. The lowest BCUT2D eigenvalue weighted by Crippen LogP contribution is -2.46. The molecular weight excluding hydrogens is 338 g/mol. The van der Waals surface area contributed by atoms with E-state index >= 15 is 0 Å². The van der Waals surface area contributed by atoms with E-state index in [2.05, 4.69) is 4.90 Å². The number of methoxy groups -OCH3 is 1. The van der Waals surface area contributed by atoms with Gasteiger partial charge in [0.25, 0.3) is 0 Å². The van der Waals surface area contributed by atoms with Crippen LogP contribution in [0.4, 0.5) is 0 Å². The highest BCUT2D eigenvalue weighted by atomic mass is 16.5. The minimum atomic E-state index is -0.795. The smallest absolute Gasteiger partial charge is 0.313 e. The average molecular weight is 363 g/mol. The molecule has 7 nitrogen and oxygen atoms in total. The number of likely N-dealkylation sites (tertiary alicyclic amines) is 1. The van der Waals surface area contributed by atoms with Crippen LogP contribution in [0.25, 0.3) is 0 Å². The standard InChI is InChI=1S/C19H25NO6/c1-23-15-8-17-16(25-4-2-5-26-17)7-13(15)9-20-10-14-3-6-24-12-19(14,11-20)18(21)22/h7-8,14H,2-6,9-12H2,1H3,(H,21,22)/t14-,19+/m0/s1. The molecule has 26 heavy (non-hydrogen) atoms. The first kappa shape index (κ1) is 17.4. The molecule has 3 aliphatic heterocycles. The average Bonchev–Trinajstić information content (AvgIpc) is 2.86. The molecule has 0 amide bonds. The number of carboxylic acids is 1. The Morgan fingerprint density at radius 3 is 2.77 bits per heavy atom. The van der Waals surface area contributed by atoms with Crippen LogP contribution in [0.2, 0.25) is 0 Å². The summed E-state index contributed by atoms with van der Waals surface area (Å²) in [5, 5.41) is 9.81. The molecule has 0 spiro atoms. The van der Waals surface area contributed by atoms with Gasteiger partial charge in [-0.1, -0.05) is 0 Å². The van der Waals surface area contributed by atoms with Crippen LogP contribution in [0.15, 0.2) is 12.1 Å². The first-order chi connectivity index (χ1) is 12.6. The lowest BCUT2D eigenvalue weighted by molar-refractivity contribution is -0.159. The number of nitrogens with zero attached hydrogens (tertiary/aromatic N) is 1. The Bertz CT molecular complexity index is 693. The monoisotopic (exact) mass is 363 g/mol. The van der Waals surface area contributed by atoms with E-state index in [4.69, 9.17) is 18.9 Å². The van der Waals surface area contributed by atoms with Gasteiger partial charge in [-0.25, -0.2) is 0 Å². The Morgan fingerprint density at radius 1 is 1.31 bits per heavy atom. The van der Waals surface area contributed by atoms with Crippen LogP contribution in [0.1, 0.15) is 18.4 Å². The Balaban J connectivity index is 1.57. The highest BCUT2D eigenvalue weighted by Gasteiger charge is 2.54. The fourth-order valence-corrected chi connectivity index (χ4v) is 4.30. The molecule has 1 aromatic carbocycles. The maximum Gasteiger partial charge on any atom is 0.313 e. The fourth-order valence-electron chi connectivity index (χ4n) is 4.30. The van der Waals surface area contributed by atoms with Crippen molar-refractivity contribution in [2.75, 3.05) is 46.6 Å². The third kappa shape index (κ3) is 2.99. The number of benzene rings is 1. The zero-order valence-electron chi connectivity index (χ0n) is 15.0. The largest absolute Gasteiger partial charge is 0.496 e. The summed E-state index contributed by atoms with van der Waals surface area (Å²) in [7, 11) is 1.64. The van der Waals surface area contributed by atoms with Crippen molar-refractivity contribution in [3.63, 3.8) is 0 Å². The predicted molar refractivity (Wildman–Crippen MR) is 92.9 cm³/mol. The van der Waals surface area contributed by atoms with E-state index in [-0.39, 0.29) is 5.92 Å². The topological polar surface area (TPSA) is 77.5 Å². The number of carboxylic acid groups (broad SMARTS) is 1. The van der Waals surface area contributed by atoms with Gasteiger partial charge in [0, 0.05) is 44.3 Å². The van der Waals surface area contributed by atoms with Gasteiger partial charge in [0.15, 0.2) is 11.5 Å². The summed E-state index contributed by atoms with van der Waals surface area (Å²) in [6.07, 6.45) is 1.64. The van der Waals surface area contributed by atoms with Crippen molar-refractivity contribution in [3.8, 4) is 17.2 Å². The normalized spacial score (nSPS) is 28.3. The molecule has 0 saturated carbocycles. The van der Waals surface area contributed by atoms with Crippen LogP contribution in [0, 0.1) is 11.3 Å². The molecule has 142 valence electrons. The van der Waals surface area contributed by atoms with Crippen LogP contribution < -0.4 is 14.2 Å². The van der Waals surface area contributed by atoms with Crippen molar-refractivity contribution in [3.05, 3.63) is 17.7 Å². The van der Waals surface area contributed by atoms with E-state index < -0.39 is 11.4 Å². The first-order valence-electron chi connectivity index (χ1n) is 9.12. The molecule has 3 aliphatic rings. The third-order valence-corrected chi connectivity index (χ3v) is 5.71. The van der Waals surface area contributed by atoms with Crippen molar-refractivity contribution in [2.24, 2.45) is 11.3 Å². The second-order valence-electron chi connectivity index (χ2n) is 7.33. The molecule has 0 radical (unpaired) electrons. The zero-order chi connectivity index (χ0) is 18.1. The summed E-state index contributed by atoms with van der Waals surface area (Å²) in [6, 6.07) is 3.83. The van der Waals surface area contributed by atoms with E-state index in [0.29, 0.717) is 45.3 Å². The van der Waals surface area contributed by atoms with Crippen molar-refractivity contribution in [1.29, 1.82) is 0 Å². The van der Waals surface area contributed by atoms with E-state index in [1.165, 1.54) is 0 Å². The molecule has 2 atom stereocenters. The SMILES string of the molecule is COc1cc2c(cc1CN1C[C@@H]3CCOC[C@]3(C(=O)O)C1)OCCCO2. The van der Waals surface area contributed by atoms with Crippen molar-refractivity contribution in [1.82, 2.24) is 4.90 Å².